The highest BCUT2D eigenvalue weighted by Crippen LogP contribution is 2.00. The molecule has 1 aromatic rings. The molecule has 0 aliphatic rings. The number of benzene rings is 1. The molecule has 0 radical (unpaired) electrons. The third kappa shape index (κ3) is 11.4. The van der Waals surface area contributed by atoms with Gasteiger partial charge in [-0.25, -0.2) is 4.79 Å². The zero-order valence-corrected chi connectivity index (χ0v) is 11.8. The summed E-state index contributed by atoms with van der Waals surface area (Å²) in [5, 5.41) is 16.6. The molecule has 21 heavy (non-hydrogen) atoms. The Morgan fingerprint density at radius 3 is 2.24 bits per heavy atom. The maximum atomic E-state index is 10.1. The zero-order chi connectivity index (χ0) is 16.1. The van der Waals surface area contributed by atoms with Gasteiger partial charge in [-0.05, 0) is 31.0 Å². The first kappa shape index (κ1) is 18.8. The molecule has 6 nitrogen and oxygen atoms in total. The van der Waals surface area contributed by atoms with E-state index in [1.54, 1.807) is 6.08 Å². The molecule has 0 spiro atoms. The number of carbonyl (C=O) groups is 2. The zero-order valence-electron chi connectivity index (χ0n) is 11.8. The second-order valence-electron chi connectivity index (χ2n) is 4.31. The Morgan fingerprint density at radius 1 is 1.14 bits per heavy atom. The topological polar surface area (TPSA) is 127 Å². The van der Waals surface area contributed by atoms with Crippen molar-refractivity contribution in [1.82, 2.24) is 0 Å². The van der Waals surface area contributed by atoms with E-state index in [0.29, 0.717) is 13.0 Å². The lowest BCUT2D eigenvalue weighted by molar-refractivity contribution is -0.138. The summed E-state index contributed by atoms with van der Waals surface area (Å²) in [6.45, 7) is 0.604. The Morgan fingerprint density at radius 2 is 1.76 bits per heavy atom. The van der Waals surface area contributed by atoms with Crippen LogP contribution in [0.25, 0.3) is 6.08 Å². The summed E-state index contributed by atoms with van der Waals surface area (Å²) < 4.78 is 0. The van der Waals surface area contributed by atoms with Crippen LogP contribution in [0.3, 0.4) is 0 Å². The average molecular weight is 294 g/mol. The standard InChI is InChI=1S/C9H8O2.C6H14N2O2/c10-9(11)7-6-8-4-2-1-3-5-8;7-4-2-1-3-5(8)6(9)10/h1-7H,(H,10,11);5H,1-4,7-8H2,(H,9,10). The Balaban J connectivity index is 0.000000384. The van der Waals surface area contributed by atoms with Gasteiger partial charge in [0.1, 0.15) is 6.04 Å². The molecule has 0 amide bonds. The van der Waals surface area contributed by atoms with Crippen LogP contribution in [-0.4, -0.2) is 34.7 Å². The highest BCUT2D eigenvalue weighted by Gasteiger charge is 2.09. The molecule has 6 N–H and O–H groups in total. The second kappa shape index (κ2) is 11.6. The fourth-order valence-corrected chi connectivity index (χ4v) is 1.36. The molecule has 0 fully saturated rings. The maximum Gasteiger partial charge on any atom is 0.328 e. The molecule has 0 aliphatic carbocycles. The minimum atomic E-state index is -0.933. The minimum Gasteiger partial charge on any atom is -0.480 e. The van der Waals surface area contributed by atoms with E-state index in [0.717, 1.165) is 24.5 Å². The van der Waals surface area contributed by atoms with Gasteiger partial charge < -0.3 is 21.7 Å². The van der Waals surface area contributed by atoms with Gasteiger partial charge in [-0.2, -0.15) is 0 Å². The van der Waals surface area contributed by atoms with Crippen molar-refractivity contribution in [2.75, 3.05) is 6.54 Å². The first-order valence-electron chi connectivity index (χ1n) is 6.62. The highest BCUT2D eigenvalue weighted by molar-refractivity contribution is 5.85. The van der Waals surface area contributed by atoms with Gasteiger partial charge in [-0.3, -0.25) is 4.79 Å². The monoisotopic (exact) mass is 294 g/mol. The fraction of sp³-hybridized carbons (Fsp3) is 0.333. The van der Waals surface area contributed by atoms with Gasteiger partial charge in [0.25, 0.3) is 0 Å². The lowest BCUT2D eigenvalue weighted by atomic mass is 10.1. The predicted molar refractivity (Wildman–Crippen MR) is 81.6 cm³/mol. The van der Waals surface area contributed by atoms with Crippen LogP contribution < -0.4 is 11.5 Å². The lowest BCUT2D eigenvalue weighted by Crippen LogP contribution is -2.29. The average Bonchev–Trinajstić information content (AvgIpc) is 2.47. The van der Waals surface area contributed by atoms with Gasteiger partial charge in [-0.15, -0.1) is 0 Å². The van der Waals surface area contributed by atoms with Crippen molar-refractivity contribution in [2.45, 2.75) is 25.3 Å². The molecule has 116 valence electrons. The van der Waals surface area contributed by atoms with Gasteiger partial charge in [0.05, 0.1) is 0 Å². The van der Waals surface area contributed by atoms with Crippen LogP contribution in [0.1, 0.15) is 24.8 Å². The van der Waals surface area contributed by atoms with Gasteiger partial charge >= 0.3 is 11.9 Å². The number of hydrogen-bond acceptors (Lipinski definition) is 4. The van der Waals surface area contributed by atoms with E-state index in [9.17, 15) is 9.59 Å². The van der Waals surface area contributed by atoms with Gasteiger partial charge in [0.2, 0.25) is 0 Å². The van der Waals surface area contributed by atoms with Crippen LogP contribution >= 0.6 is 0 Å². The summed E-state index contributed by atoms with van der Waals surface area (Å²) in [4.78, 5) is 20.2. The van der Waals surface area contributed by atoms with Gasteiger partial charge in [0, 0.05) is 6.08 Å². The first-order chi connectivity index (χ1) is 9.97. The number of hydrogen-bond donors (Lipinski definition) is 4. The van der Waals surface area contributed by atoms with Crippen molar-refractivity contribution in [2.24, 2.45) is 11.5 Å². The summed E-state index contributed by atoms with van der Waals surface area (Å²) in [6.07, 6.45) is 4.84. The molecule has 6 heteroatoms. The van der Waals surface area contributed by atoms with Crippen molar-refractivity contribution in [3.8, 4) is 0 Å². The molecular weight excluding hydrogens is 272 g/mol. The van der Waals surface area contributed by atoms with Crippen molar-refractivity contribution in [3.63, 3.8) is 0 Å². The van der Waals surface area contributed by atoms with E-state index in [-0.39, 0.29) is 0 Å². The highest BCUT2D eigenvalue weighted by atomic mass is 16.4. The van der Waals surface area contributed by atoms with Crippen LogP contribution in [0.15, 0.2) is 36.4 Å². The van der Waals surface area contributed by atoms with Crippen molar-refractivity contribution < 1.29 is 19.8 Å². The molecule has 0 aromatic heterocycles. The first-order valence-corrected chi connectivity index (χ1v) is 6.62. The van der Waals surface area contributed by atoms with E-state index < -0.39 is 18.0 Å². The van der Waals surface area contributed by atoms with Crippen molar-refractivity contribution in [3.05, 3.63) is 42.0 Å². The van der Waals surface area contributed by atoms with E-state index in [4.69, 9.17) is 21.7 Å². The van der Waals surface area contributed by atoms with E-state index >= 15 is 0 Å². The summed E-state index contributed by atoms with van der Waals surface area (Å²) in [7, 11) is 0. The Kier molecular flexibility index (Phi) is 10.4. The third-order valence-corrected chi connectivity index (χ3v) is 2.50. The summed E-state index contributed by atoms with van der Waals surface area (Å²) in [6, 6.07) is 8.59. The summed E-state index contributed by atoms with van der Waals surface area (Å²) in [5.41, 5.74) is 11.3. The molecule has 0 heterocycles. The molecule has 0 saturated heterocycles. The largest absolute Gasteiger partial charge is 0.480 e. The Bertz CT molecular complexity index is 446. The minimum absolute atomic E-state index is 0.520. The van der Waals surface area contributed by atoms with Crippen LogP contribution in [0.5, 0.6) is 0 Å². The number of rotatable bonds is 7. The Labute approximate surface area is 124 Å². The SMILES string of the molecule is NCCCCC(N)C(=O)O.O=C(O)C=Cc1ccccc1. The fourth-order valence-electron chi connectivity index (χ4n) is 1.36. The van der Waals surface area contributed by atoms with Crippen LogP contribution in [0.2, 0.25) is 0 Å². The van der Waals surface area contributed by atoms with Crippen LogP contribution in [0.4, 0.5) is 0 Å². The molecule has 1 atom stereocenters. The van der Waals surface area contributed by atoms with Gasteiger partial charge in [-0.1, -0.05) is 36.8 Å². The second-order valence-corrected chi connectivity index (χ2v) is 4.31. The third-order valence-electron chi connectivity index (χ3n) is 2.50. The molecule has 0 aliphatic heterocycles. The lowest BCUT2D eigenvalue weighted by Gasteiger charge is -2.03. The number of carboxylic acids is 2. The van der Waals surface area contributed by atoms with E-state index in [1.165, 1.54) is 0 Å². The molecule has 0 saturated carbocycles. The number of carboxylic acid groups (broad SMARTS) is 2. The number of nitrogens with two attached hydrogens (primary N) is 2. The number of unbranched alkanes of at least 4 members (excludes halogenated alkanes) is 1. The molecule has 0 bridgehead atoms. The van der Waals surface area contributed by atoms with E-state index in [2.05, 4.69) is 0 Å². The maximum absolute atomic E-state index is 10.1. The molecule has 1 rings (SSSR count). The van der Waals surface area contributed by atoms with Crippen molar-refractivity contribution in [1.29, 1.82) is 0 Å². The Hall–Kier alpha value is -2.18. The molecule has 1 aromatic carbocycles. The van der Waals surface area contributed by atoms with Crippen LogP contribution in [0, 0.1) is 0 Å². The van der Waals surface area contributed by atoms with Crippen LogP contribution in [-0.2, 0) is 9.59 Å². The predicted octanol–water partition coefficient (Wildman–Crippen LogP) is 1.31. The normalized spacial score (nSPS) is 11.5. The smallest absolute Gasteiger partial charge is 0.328 e. The van der Waals surface area contributed by atoms with Gasteiger partial charge in [0.15, 0.2) is 0 Å². The molecule has 1 unspecified atom stereocenters. The molecular formula is C15H22N2O4. The summed E-state index contributed by atoms with van der Waals surface area (Å²) in [5.74, 6) is -1.86. The van der Waals surface area contributed by atoms with Crippen molar-refractivity contribution >= 4 is 18.0 Å². The quantitative estimate of drug-likeness (QED) is 0.443. The van der Waals surface area contributed by atoms with E-state index in [1.807, 2.05) is 30.3 Å². The number of aliphatic carboxylic acids is 2. The summed E-state index contributed by atoms with van der Waals surface area (Å²) >= 11 is 0.